The summed E-state index contributed by atoms with van der Waals surface area (Å²) in [5.41, 5.74) is 2.85. The molecule has 6 nitrogen and oxygen atoms in total. The largest absolute Gasteiger partial charge is 0.277 e. The van der Waals surface area contributed by atoms with Crippen molar-refractivity contribution in [1.82, 2.24) is 0 Å². The number of hydrogen-bond donors (Lipinski definition) is 2. The first-order valence-corrected chi connectivity index (χ1v) is 12.7. The van der Waals surface area contributed by atoms with E-state index >= 15 is 0 Å². The van der Waals surface area contributed by atoms with Crippen molar-refractivity contribution < 1.29 is 16.8 Å². The first-order chi connectivity index (χ1) is 14.0. The molecule has 3 aromatic rings. The summed E-state index contributed by atoms with van der Waals surface area (Å²) in [6, 6.07) is 15.9. The molecule has 0 atom stereocenters. The van der Waals surface area contributed by atoms with Gasteiger partial charge in [-0.15, -0.1) is 0 Å². The minimum Gasteiger partial charge on any atom is -0.277 e. The van der Waals surface area contributed by atoms with E-state index in [4.69, 9.17) is 0 Å². The molecule has 0 radical (unpaired) electrons. The van der Waals surface area contributed by atoms with Gasteiger partial charge in [0, 0.05) is 4.47 Å². The Balaban J connectivity index is 2.01. The summed E-state index contributed by atoms with van der Waals surface area (Å²) < 4.78 is 57.0. The minimum atomic E-state index is -3.91. The molecule has 9 heteroatoms. The van der Waals surface area contributed by atoms with Gasteiger partial charge in [-0.2, -0.15) is 0 Å². The Morgan fingerprint density at radius 3 is 1.40 bits per heavy atom. The highest BCUT2D eigenvalue weighted by Gasteiger charge is 2.21. The molecule has 0 bridgehead atoms. The normalized spacial score (nSPS) is 11.9. The fraction of sp³-hybridized carbons (Fsp3) is 0.143. The zero-order valence-electron chi connectivity index (χ0n) is 16.6. The molecule has 0 aromatic heterocycles. The summed E-state index contributed by atoms with van der Waals surface area (Å²) in [6.07, 6.45) is 0. The second-order valence-electron chi connectivity index (χ2n) is 6.98. The van der Waals surface area contributed by atoms with Crippen LogP contribution in [0.5, 0.6) is 0 Å². The van der Waals surface area contributed by atoms with Crippen molar-refractivity contribution in [2.24, 2.45) is 0 Å². The van der Waals surface area contributed by atoms with Crippen LogP contribution in [0.1, 0.15) is 16.7 Å². The SMILES string of the molecule is Cc1ccc(S(=O)(=O)Nc2cc(C)c(Br)cc2NS(=O)(=O)c2ccc(C)cc2)cc1. The maximum Gasteiger partial charge on any atom is 0.261 e. The lowest BCUT2D eigenvalue weighted by atomic mass is 10.2. The van der Waals surface area contributed by atoms with E-state index in [9.17, 15) is 16.8 Å². The second-order valence-corrected chi connectivity index (χ2v) is 11.2. The van der Waals surface area contributed by atoms with Gasteiger partial charge in [0.05, 0.1) is 21.2 Å². The van der Waals surface area contributed by atoms with Crippen molar-refractivity contribution >= 4 is 47.4 Å². The van der Waals surface area contributed by atoms with Crippen molar-refractivity contribution in [2.75, 3.05) is 9.44 Å². The van der Waals surface area contributed by atoms with Crippen molar-refractivity contribution in [1.29, 1.82) is 0 Å². The van der Waals surface area contributed by atoms with Crippen LogP contribution in [0.2, 0.25) is 0 Å². The van der Waals surface area contributed by atoms with Gasteiger partial charge in [0.25, 0.3) is 20.0 Å². The number of hydrogen-bond acceptors (Lipinski definition) is 4. The van der Waals surface area contributed by atoms with Gasteiger partial charge in [0.2, 0.25) is 0 Å². The number of benzene rings is 3. The van der Waals surface area contributed by atoms with Crippen molar-refractivity contribution in [3.63, 3.8) is 0 Å². The van der Waals surface area contributed by atoms with E-state index in [0.29, 0.717) is 4.47 Å². The molecule has 0 unspecified atom stereocenters. The van der Waals surface area contributed by atoms with Crippen LogP contribution in [0.25, 0.3) is 0 Å². The lowest BCUT2D eigenvalue weighted by Gasteiger charge is -2.16. The molecule has 0 aliphatic heterocycles. The van der Waals surface area contributed by atoms with Gasteiger partial charge in [0.1, 0.15) is 0 Å². The summed E-state index contributed by atoms with van der Waals surface area (Å²) in [4.78, 5) is 0.165. The predicted octanol–water partition coefficient (Wildman–Crippen LogP) is 4.98. The highest BCUT2D eigenvalue weighted by Crippen LogP contribution is 2.33. The lowest BCUT2D eigenvalue weighted by molar-refractivity contribution is 0.599. The van der Waals surface area contributed by atoms with Gasteiger partial charge in [-0.05, 0) is 62.7 Å². The van der Waals surface area contributed by atoms with Gasteiger partial charge >= 0.3 is 0 Å². The van der Waals surface area contributed by atoms with E-state index in [1.807, 2.05) is 13.8 Å². The van der Waals surface area contributed by atoms with E-state index in [1.165, 1.54) is 30.3 Å². The number of aryl methyl sites for hydroxylation is 3. The van der Waals surface area contributed by atoms with E-state index in [-0.39, 0.29) is 21.2 Å². The molecule has 0 amide bonds. The number of sulfonamides is 2. The third-order valence-electron chi connectivity index (χ3n) is 4.45. The van der Waals surface area contributed by atoms with Gasteiger partial charge in [-0.25, -0.2) is 16.8 Å². The fourth-order valence-corrected chi connectivity index (χ4v) is 5.18. The summed E-state index contributed by atoms with van der Waals surface area (Å²) in [5, 5.41) is 0. The summed E-state index contributed by atoms with van der Waals surface area (Å²) in [6.45, 7) is 5.50. The maximum atomic E-state index is 12.8. The molecule has 0 heterocycles. The average molecular weight is 509 g/mol. The van der Waals surface area contributed by atoms with Crippen LogP contribution in [0.4, 0.5) is 11.4 Å². The molecule has 0 saturated carbocycles. The van der Waals surface area contributed by atoms with E-state index in [2.05, 4.69) is 25.4 Å². The number of rotatable bonds is 6. The molecular formula is C21H21BrN2O4S2. The standard InChI is InChI=1S/C21H21BrN2O4S2/c1-14-4-8-17(9-5-14)29(25,26)23-20-12-16(3)19(22)13-21(20)24-30(27,28)18-10-6-15(2)7-11-18/h4-13,23-24H,1-3H3. The molecule has 3 rings (SSSR count). The summed E-state index contributed by atoms with van der Waals surface area (Å²) in [5.74, 6) is 0. The highest BCUT2D eigenvalue weighted by molar-refractivity contribution is 9.10. The highest BCUT2D eigenvalue weighted by atomic mass is 79.9. The molecule has 30 heavy (non-hydrogen) atoms. The monoisotopic (exact) mass is 508 g/mol. The Bertz CT molecular complexity index is 1180. The van der Waals surface area contributed by atoms with Crippen molar-refractivity contribution in [3.8, 4) is 0 Å². The third-order valence-corrected chi connectivity index (χ3v) is 8.07. The van der Waals surface area contributed by atoms with Crippen LogP contribution in [0, 0.1) is 20.8 Å². The molecule has 0 aliphatic rings. The average Bonchev–Trinajstić information content (AvgIpc) is 2.66. The van der Waals surface area contributed by atoms with Crippen molar-refractivity contribution in [3.05, 3.63) is 81.8 Å². The predicted molar refractivity (Wildman–Crippen MR) is 123 cm³/mol. The van der Waals surface area contributed by atoms with Gasteiger partial charge in [0.15, 0.2) is 0 Å². The quantitative estimate of drug-likeness (QED) is 0.491. The Labute approximate surface area is 185 Å². The molecule has 3 aromatic carbocycles. The fourth-order valence-electron chi connectivity index (χ4n) is 2.69. The first-order valence-electron chi connectivity index (χ1n) is 8.97. The zero-order chi connectivity index (χ0) is 22.1. The Hall–Kier alpha value is -2.36. The topological polar surface area (TPSA) is 92.3 Å². The number of anilines is 2. The Morgan fingerprint density at radius 1 is 0.633 bits per heavy atom. The van der Waals surface area contributed by atoms with Crippen molar-refractivity contribution in [2.45, 2.75) is 30.6 Å². The smallest absolute Gasteiger partial charge is 0.261 e. The molecule has 0 fully saturated rings. The molecule has 2 N–H and O–H groups in total. The minimum absolute atomic E-state index is 0.0807. The van der Waals surface area contributed by atoms with Crippen LogP contribution >= 0.6 is 15.9 Å². The van der Waals surface area contributed by atoms with Crippen LogP contribution in [0.3, 0.4) is 0 Å². The van der Waals surface area contributed by atoms with E-state index in [1.54, 1.807) is 37.3 Å². The van der Waals surface area contributed by atoms with Gasteiger partial charge in [-0.1, -0.05) is 51.3 Å². The van der Waals surface area contributed by atoms with Gasteiger partial charge in [-0.3, -0.25) is 9.44 Å². The van der Waals surface area contributed by atoms with Crippen LogP contribution in [-0.4, -0.2) is 16.8 Å². The number of nitrogens with one attached hydrogen (secondary N) is 2. The molecular weight excluding hydrogens is 488 g/mol. The molecule has 158 valence electrons. The van der Waals surface area contributed by atoms with Crippen LogP contribution in [0.15, 0.2) is 74.9 Å². The van der Waals surface area contributed by atoms with E-state index < -0.39 is 20.0 Å². The lowest BCUT2D eigenvalue weighted by Crippen LogP contribution is -2.18. The van der Waals surface area contributed by atoms with Gasteiger partial charge < -0.3 is 0 Å². The first kappa shape index (κ1) is 22.3. The van der Waals surface area contributed by atoms with Crippen LogP contribution < -0.4 is 9.44 Å². The van der Waals surface area contributed by atoms with E-state index in [0.717, 1.165) is 16.7 Å². The van der Waals surface area contributed by atoms with Crippen LogP contribution in [-0.2, 0) is 20.0 Å². The third kappa shape index (κ3) is 5.03. The Morgan fingerprint density at radius 2 is 1.00 bits per heavy atom. The molecule has 0 aliphatic carbocycles. The maximum absolute atomic E-state index is 12.8. The summed E-state index contributed by atoms with van der Waals surface area (Å²) in [7, 11) is -7.82. The zero-order valence-corrected chi connectivity index (χ0v) is 19.8. The summed E-state index contributed by atoms with van der Waals surface area (Å²) >= 11 is 3.37. The molecule has 0 saturated heterocycles. The number of halogens is 1. The second kappa shape index (κ2) is 8.41. The molecule has 0 spiro atoms. The Kier molecular flexibility index (Phi) is 6.26.